The Balaban J connectivity index is 1.66. The molecule has 0 radical (unpaired) electrons. The summed E-state index contributed by atoms with van der Waals surface area (Å²) < 4.78 is 0. The number of piperidine rings is 2. The van der Waals surface area contributed by atoms with Gasteiger partial charge < -0.3 is 0 Å². The highest BCUT2D eigenvalue weighted by atomic mass is 16.1. The predicted molar refractivity (Wildman–Crippen MR) is 74.7 cm³/mol. The summed E-state index contributed by atoms with van der Waals surface area (Å²) in [5, 5.41) is 0. The van der Waals surface area contributed by atoms with Gasteiger partial charge in [0, 0.05) is 0 Å². The van der Waals surface area contributed by atoms with E-state index in [0.717, 1.165) is 38.0 Å². The van der Waals surface area contributed by atoms with Crippen molar-refractivity contribution in [3.63, 3.8) is 0 Å². The van der Waals surface area contributed by atoms with E-state index in [4.69, 9.17) is 0 Å². The van der Waals surface area contributed by atoms with E-state index in [1.807, 2.05) is 0 Å². The van der Waals surface area contributed by atoms with Crippen LogP contribution in [0, 0.1) is 11.8 Å². The molecule has 2 aliphatic heterocycles. The first kappa shape index (κ1) is 14.0. The first-order chi connectivity index (χ1) is 8.63. The van der Waals surface area contributed by atoms with Crippen molar-refractivity contribution in [1.29, 1.82) is 0 Å². The number of likely N-dealkylation sites (tertiary alicyclic amines) is 2. The first-order valence-electron chi connectivity index (χ1n) is 7.60. The molecule has 3 nitrogen and oxygen atoms in total. The molecule has 2 heterocycles. The molecule has 104 valence electrons. The number of hydrogen-bond donors (Lipinski definition) is 0. The Morgan fingerprint density at radius 2 is 1.17 bits per heavy atom. The fraction of sp³-hybridized carbons (Fsp3) is 0.933. The van der Waals surface area contributed by atoms with E-state index < -0.39 is 0 Å². The largest absolute Gasteiger partial charge is 0.297 e. The average molecular weight is 252 g/mol. The van der Waals surface area contributed by atoms with Crippen LogP contribution in [0.25, 0.3) is 0 Å². The summed E-state index contributed by atoms with van der Waals surface area (Å²) in [5.41, 5.74) is 0. The van der Waals surface area contributed by atoms with E-state index in [1.165, 1.54) is 25.7 Å². The first-order valence-corrected chi connectivity index (χ1v) is 7.60. The Labute approximate surface area is 112 Å². The number of hydrogen-bond acceptors (Lipinski definition) is 3. The molecule has 0 N–H and O–H groups in total. The van der Waals surface area contributed by atoms with Crippen molar-refractivity contribution < 1.29 is 4.79 Å². The minimum absolute atomic E-state index is 0.416. The molecule has 2 saturated heterocycles. The van der Waals surface area contributed by atoms with Crippen LogP contribution >= 0.6 is 0 Å². The highest BCUT2D eigenvalue weighted by Gasteiger charge is 2.21. The number of nitrogens with zero attached hydrogens (tertiary/aromatic N) is 2. The maximum absolute atomic E-state index is 12.1. The van der Waals surface area contributed by atoms with Crippen molar-refractivity contribution >= 4 is 5.78 Å². The monoisotopic (exact) mass is 252 g/mol. The van der Waals surface area contributed by atoms with Crippen LogP contribution in [0.15, 0.2) is 0 Å². The molecule has 0 spiro atoms. The van der Waals surface area contributed by atoms with Gasteiger partial charge in [-0.25, -0.2) is 0 Å². The number of rotatable bonds is 4. The second kappa shape index (κ2) is 6.67. The summed E-state index contributed by atoms with van der Waals surface area (Å²) in [7, 11) is 0. The number of carbonyl (C=O) groups is 1. The van der Waals surface area contributed by atoms with Gasteiger partial charge in [-0.1, -0.05) is 13.8 Å². The van der Waals surface area contributed by atoms with Crippen molar-refractivity contribution in [1.82, 2.24) is 9.80 Å². The molecular weight excluding hydrogens is 224 g/mol. The Morgan fingerprint density at radius 1 is 0.833 bits per heavy atom. The van der Waals surface area contributed by atoms with Gasteiger partial charge >= 0.3 is 0 Å². The highest BCUT2D eigenvalue weighted by Crippen LogP contribution is 2.17. The zero-order valence-corrected chi connectivity index (χ0v) is 12.0. The molecule has 0 atom stereocenters. The molecule has 0 aromatic heterocycles. The lowest BCUT2D eigenvalue weighted by Crippen LogP contribution is -2.42. The zero-order valence-electron chi connectivity index (χ0n) is 12.0. The Hall–Kier alpha value is -0.410. The molecule has 0 unspecified atom stereocenters. The van der Waals surface area contributed by atoms with Crippen LogP contribution in [-0.4, -0.2) is 54.9 Å². The van der Waals surface area contributed by atoms with Crippen molar-refractivity contribution in [2.75, 3.05) is 39.3 Å². The van der Waals surface area contributed by atoms with E-state index >= 15 is 0 Å². The minimum atomic E-state index is 0.416. The molecule has 18 heavy (non-hydrogen) atoms. The van der Waals surface area contributed by atoms with E-state index in [1.54, 1.807) is 0 Å². The average Bonchev–Trinajstić information content (AvgIpc) is 2.35. The SMILES string of the molecule is CC1CCN(CC(=O)CN2CCC(C)CC2)CC1. The summed E-state index contributed by atoms with van der Waals surface area (Å²) in [6, 6.07) is 0. The van der Waals surface area contributed by atoms with Crippen LogP contribution in [0.4, 0.5) is 0 Å². The number of carbonyl (C=O) groups excluding carboxylic acids is 1. The number of ketones is 1. The van der Waals surface area contributed by atoms with Gasteiger partial charge in [-0.05, 0) is 63.7 Å². The minimum Gasteiger partial charge on any atom is -0.297 e. The standard InChI is InChI=1S/C15H28N2O/c1-13-3-7-16(8-4-13)11-15(18)12-17-9-5-14(2)6-10-17/h13-14H,3-12H2,1-2H3. The van der Waals surface area contributed by atoms with Gasteiger partial charge in [0.15, 0.2) is 5.78 Å². The summed E-state index contributed by atoms with van der Waals surface area (Å²) in [4.78, 5) is 16.7. The van der Waals surface area contributed by atoms with Crippen molar-refractivity contribution in [2.45, 2.75) is 39.5 Å². The molecule has 0 saturated carbocycles. The summed E-state index contributed by atoms with van der Waals surface area (Å²) in [6.45, 7) is 10.4. The van der Waals surface area contributed by atoms with E-state index in [-0.39, 0.29) is 0 Å². The molecule has 0 aliphatic carbocycles. The molecule has 0 aromatic carbocycles. The Morgan fingerprint density at radius 3 is 1.50 bits per heavy atom. The van der Waals surface area contributed by atoms with Gasteiger partial charge in [-0.3, -0.25) is 14.6 Å². The lowest BCUT2D eigenvalue weighted by atomic mass is 9.98. The second-order valence-corrected chi connectivity index (χ2v) is 6.46. The van der Waals surface area contributed by atoms with Gasteiger partial charge in [-0.2, -0.15) is 0 Å². The molecule has 2 rings (SSSR count). The highest BCUT2D eigenvalue weighted by molar-refractivity contribution is 5.82. The van der Waals surface area contributed by atoms with Crippen LogP contribution in [0.3, 0.4) is 0 Å². The van der Waals surface area contributed by atoms with Gasteiger partial charge in [0.05, 0.1) is 13.1 Å². The predicted octanol–water partition coefficient (Wildman–Crippen LogP) is 2.02. The molecule has 0 amide bonds. The third-order valence-electron chi connectivity index (χ3n) is 4.55. The lowest BCUT2D eigenvalue weighted by Gasteiger charge is -2.32. The summed E-state index contributed by atoms with van der Waals surface area (Å²) >= 11 is 0. The van der Waals surface area contributed by atoms with Gasteiger partial charge in [-0.15, -0.1) is 0 Å². The fourth-order valence-corrected chi connectivity index (χ4v) is 2.99. The summed E-state index contributed by atoms with van der Waals surface area (Å²) in [5.74, 6) is 2.11. The van der Waals surface area contributed by atoms with E-state index in [2.05, 4.69) is 23.6 Å². The fourth-order valence-electron chi connectivity index (χ4n) is 2.99. The van der Waals surface area contributed by atoms with Crippen LogP contribution < -0.4 is 0 Å². The van der Waals surface area contributed by atoms with Gasteiger partial charge in [0.25, 0.3) is 0 Å². The van der Waals surface area contributed by atoms with Crippen LogP contribution in [0.2, 0.25) is 0 Å². The molecule has 0 bridgehead atoms. The molecule has 2 aliphatic rings. The number of Topliss-reactive ketones (excluding diaryl/α,β-unsaturated/α-hetero) is 1. The van der Waals surface area contributed by atoms with Crippen LogP contribution in [0.1, 0.15) is 39.5 Å². The Bertz CT molecular complexity index is 238. The normalized spacial score (nSPS) is 25.4. The third-order valence-corrected chi connectivity index (χ3v) is 4.55. The lowest BCUT2D eigenvalue weighted by molar-refractivity contribution is -0.122. The quantitative estimate of drug-likeness (QED) is 0.765. The maximum Gasteiger partial charge on any atom is 0.160 e. The smallest absolute Gasteiger partial charge is 0.160 e. The molecular formula is C15H28N2O. The maximum atomic E-state index is 12.1. The van der Waals surface area contributed by atoms with E-state index in [9.17, 15) is 4.79 Å². The molecule has 0 aromatic rings. The van der Waals surface area contributed by atoms with Crippen molar-refractivity contribution in [2.24, 2.45) is 11.8 Å². The Kier molecular flexibility index (Phi) is 5.19. The van der Waals surface area contributed by atoms with Crippen LogP contribution in [0.5, 0.6) is 0 Å². The topological polar surface area (TPSA) is 23.6 Å². The van der Waals surface area contributed by atoms with Gasteiger partial charge in [0.2, 0.25) is 0 Å². The van der Waals surface area contributed by atoms with Crippen LogP contribution in [-0.2, 0) is 4.79 Å². The molecule has 2 fully saturated rings. The van der Waals surface area contributed by atoms with Crippen molar-refractivity contribution in [3.05, 3.63) is 0 Å². The zero-order chi connectivity index (χ0) is 13.0. The molecule has 3 heteroatoms. The second-order valence-electron chi connectivity index (χ2n) is 6.46. The van der Waals surface area contributed by atoms with Crippen molar-refractivity contribution in [3.8, 4) is 0 Å². The summed E-state index contributed by atoms with van der Waals surface area (Å²) in [6.07, 6.45) is 5.03. The van der Waals surface area contributed by atoms with E-state index in [0.29, 0.717) is 18.9 Å². The van der Waals surface area contributed by atoms with Gasteiger partial charge in [0.1, 0.15) is 0 Å². The third kappa shape index (κ3) is 4.36.